The number of benzene rings is 3. The largest absolute Gasteiger partial charge is 0.494 e. The lowest BCUT2D eigenvalue weighted by molar-refractivity contribution is -0.138. The lowest BCUT2D eigenvalue weighted by Gasteiger charge is -2.19. The fourth-order valence-corrected chi connectivity index (χ4v) is 3.02. The summed E-state index contributed by atoms with van der Waals surface area (Å²) >= 11 is 0. The van der Waals surface area contributed by atoms with E-state index in [-0.39, 0.29) is 6.61 Å². The van der Waals surface area contributed by atoms with Crippen LogP contribution in [0.4, 0.5) is 5.69 Å². The molecule has 7 heteroatoms. The number of hydrogen-bond donors (Lipinski definition) is 2. The Kier molecular flexibility index (Phi) is 7.93. The Balaban J connectivity index is 1.74. The van der Waals surface area contributed by atoms with Gasteiger partial charge < -0.3 is 24.6 Å². The van der Waals surface area contributed by atoms with Crippen LogP contribution in [0, 0.1) is 11.3 Å². The number of hydrogen-bond acceptors (Lipinski definition) is 6. The number of aliphatic carboxylic acids is 1. The van der Waals surface area contributed by atoms with E-state index in [1.165, 1.54) is 0 Å². The maximum absolute atomic E-state index is 12.0. The van der Waals surface area contributed by atoms with Crippen LogP contribution in [-0.2, 0) is 4.79 Å². The van der Waals surface area contributed by atoms with Crippen LogP contribution in [0.3, 0.4) is 0 Å². The van der Waals surface area contributed by atoms with Crippen molar-refractivity contribution in [2.45, 2.75) is 13.0 Å². The van der Waals surface area contributed by atoms with Crippen molar-refractivity contribution in [2.75, 3.05) is 25.1 Å². The molecule has 164 valence electrons. The van der Waals surface area contributed by atoms with Gasteiger partial charge in [-0.15, -0.1) is 0 Å². The van der Waals surface area contributed by atoms with E-state index in [1.807, 2.05) is 43.3 Å². The monoisotopic (exact) mass is 432 g/mol. The Labute approximate surface area is 186 Å². The van der Waals surface area contributed by atoms with Crippen LogP contribution in [0.25, 0.3) is 0 Å². The highest BCUT2D eigenvalue weighted by molar-refractivity contribution is 5.79. The maximum Gasteiger partial charge on any atom is 0.330 e. The second kappa shape index (κ2) is 11.3. The van der Waals surface area contributed by atoms with Crippen molar-refractivity contribution in [3.63, 3.8) is 0 Å². The predicted molar refractivity (Wildman–Crippen MR) is 120 cm³/mol. The number of nitriles is 1. The summed E-state index contributed by atoms with van der Waals surface area (Å²) in [4.78, 5) is 12.0. The molecule has 0 bridgehead atoms. The molecule has 3 rings (SSSR count). The van der Waals surface area contributed by atoms with Crippen LogP contribution in [-0.4, -0.2) is 30.9 Å². The van der Waals surface area contributed by atoms with Gasteiger partial charge in [0.2, 0.25) is 0 Å². The lowest BCUT2D eigenvalue weighted by atomic mass is 10.1. The third kappa shape index (κ3) is 6.41. The number of rotatable bonds is 11. The summed E-state index contributed by atoms with van der Waals surface area (Å²) in [5, 5.41) is 21.8. The van der Waals surface area contributed by atoms with Gasteiger partial charge in [0.05, 0.1) is 18.2 Å². The molecular weight excluding hydrogens is 408 g/mol. The Morgan fingerprint density at radius 3 is 2.16 bits per heavy atom. The molecule has 0 amide bonds. The van der Waals surface area contributed by atoms with Gasteiger partial charge in [-0.3, -0.25) is 0 Å². The fourth-order valence-electron chi connectivity index (χ4n) is 3.02. The van der Waals surface area contributed by atoms with Crippen LogP contribution in [0.15, 0.2) is 72.8 Å². The minimum atomic E-state index is -1.05. The van der Waals surface area contributed by atoms with E-state index in [4.69, 9.17) is 19.5 Å². The summed E-state index contributed by atoms with van der Waals surface area (Å²) in [5.41, 5.74) is 1.55. The lowest BCUT2D eigenvalue weighted by Crippen LogP contribution is -2.21. The van der Waals surface area contributed by atoms with Crippen molar-refractivity contribution in [3.8, 4) is 23.3 Å². The van der Waals surface area contributed by atoms with Gasteiger partial charge >= 0.3 is 5.97 Å². The number of ether oxygens (including phenoxy) is 3. The molecule has 0 heterocycles. The van der Waals surface area contributed by atoms with Crippen LogP contribution in [0.5, 0.6) is 17.2 Å². The van der Waals surface area contributed by atoms with Gasteiger partial charge in [0.15, 0.2) is 6.04 Å². The third-order valence-electron chi connectivity index (χ3n) is 4.48. The molecule has 0 spiro atoms. The molecule has 0 radical (unpaired) electrons. The van der Waals surface area contributed by atoms with Crippen molar-refractivity contribution >= 4 is 11.7 Å². The molecule has 32 heavy (non-hydrogen) atoms. The molecule has 0 saturated carbocycles. The number of para-hydroxylation sites is 1. The van der Waals surface area contributed by atoms with Crippen molar-refractivity contribution in [2.24, 2.45) is 0 Å². The molecule has 3 aromatic carbocycles. The number of nitrogens with zero attached hydrogens (tertiary/aromatic N) is 1. The normalized spacial score (nSPS) is 11.1. The highest BCUT2D eigenvalue weighted by Gasteiger charge is 2.21. The topological polar surface area (TPSA) is 101 Å². The molecular formula is C25H24N2O5. The molecule has 0 saturated heterocycles. The van der Waals surface area contributed by atoms with Crippen LogP contribution in [0.2, 0.25) is 0 Å². The van der Waals surface area contributed by atoms with Gasteiger partial charge in [-0.05, 0) is 61.0 Å². The first-order chi connectivity index (χ1) is 15.6. The Morgan fingerprint density at radius 2 is 1.56 bits per heavy atom. The zero-order valence-electron chi connectivity index (χ0n) is 17.7. The van der Waals surface area contributed by atoms with E-state index in [1.54, 1.807) is 42.5 Å². The maximum atomic E-state index is 12.0. The molecule has 1 atom stereocenters. The van der Waals surface area contributed by atoms with Crippen LogP contribution >= 0.6 is 0 Å². The first-order valence-corrected chi connectivity index (χ1v) is 10.2. The molecule has 0 fully saturated rings. The van der Waals surface area contributed by atoms with Gasteiger partial charge in [-0.25, -0.2) is 4.79 Å². The summed E-state index contributed by atoms with van der Waals surface area (Å²) in [5.74, 6) is 0.686. The summed E-state index contributed by atoms with van der Waals surface area (Å²) in [6.07, 6.45) is 0. The molecule has 0 aliphatic carbocycles. The number of anilines is 1. The van der Waals surface area contributed by atoms with Gasteiger partial charge in [0, 0.05) is 11.8 Å². The molecule has 3 aromatic rings. The molecule has 2 N–H and O–H groups in total. The Morgan fingerprint density at radius 1 is 0.938 bits per heavy atom. The molecule has 0 unspecified atom stereocenters. The second-order valence-corrected chi connectivity index (χ2v) is 6.79. The highest BCUT2D eigenvalue weighted by atomic mass is 16.5. The van der Waals surface area contributed by atoms with E-state index in [0.29, 0.717) is 41.5 Å². The predicted octanol–water partition coefficient (Wildman–Crippen LogP) is 4.65. The van der Waals surface area contributed by atoms with Crippen molar-refractivity contribution in [1.82, 2.24) is 0 Å². The summed E-state index contributed by atoms with van der Waals surface area (Å²) in [7, 11) is 0. The van der Waals surface area contributed by atoms with Crippen LogP contribution in [0.1, 0.15) is 24.1 Å². The number of carboxylic acids is 1. The van der Waals surface area contributed by atoms with E-state index < -0.39 is 12.0 Å². The van der Waals surface area contributed by atoms with Gasteiger partial charge in [-0.1, -0.05) is 18.2 Å². The van der Waals surface area contributed by atoms with Gasteiger partial charge in [0.25, 0.3) is 0 Å². The van der Waals surface area contributed by atoms with Crippen molar-refractivity contribution in [3.05, 3.63) is 83.9 Å². The average molecular weight is 432 g/mol. The molecule has 7 nitrogen and oxygen atoms in total. The quantitative estimate of drug-likeness (QED) is 0.425. The van der Waals surface area contributed by atoms with Gasteiger partial charge in [-0.2, -0.15) is 5.26 Å². The first kappa shape index (κ1) is 22.5. The highest BCUT2D eigenvalue weighted by Crippen LogP contribution is 2.29. The summed E-state index contributed by atoms with van der Waals surface area (Å²) < 4.78 is 17.0. The Hall–Kier alpha value is -4.18. The molecule has 0 aromatic heterocycles. The average Bonchev–Trinajstić information content (AvgIpc) is 2.81. The SMILES string of the molecule is CCOc1cc(OCCOc2ccccc2)cc([C@@H](Nc2ccc(C#N)cc2)C(=O)O)c1. The number of carbonyl (C=O) groups is 1. The number of nitrogens with one attached hydrogen (secondary N) is 1. The molecule has 0 aliphatic heterocycles. The van der Waals surface area contributed by atoms with Crippen LogP contribution < -0.4 is 19.5 Å². The van der Waals surface area contributed by atoms with E-state index >= 15 is 0 Å². The van der Waals surface area contributed by atoms with E-state index in [2.05, 4.69) is 5.32 Å². The van der Waals surface area contributed by atoms with E-state index in [0.717, 1.165) is 5.75 Å². The summed E-state index contributed by atoms with van der Waals surface area (Å²) in [6, 6.07) is 22.1. The smallest absolute Gasteiger partial charge is 0.330 e. The fraction of sp³-hybridized carbons (Fsp3) is 0.200. The van der Waals surface area contributed by atoms with Crippen molar-refractivity contribution in [1.29, 1.82) is 5.26 Å². The number of carboxylic acid groups (broad SMARTS) is 1. The minimum Gasteiger partial charge on any atom is -0.494 e. The standard InChI is InChI=1S/C25H24N2O5/c1-2-30-22-14-19(24(25(28)29)27-20-10-8-18(17-26)9-11-20)15-23(16-22)32-13-12-31-21-6-4-3-5-7-21/h3-11,14-16,24,27H,2,12-13H2,1H3,(H,28,29)/t24-/m1/s1. The van der Waals surface area contributed by atoms with E-state index in [9.17, 15) is 9.90 Å². The van der Waals surface area contributed by atoms with Crippen molar-refractivity contribution < 1.29 is 24.1 Å². The second-order valence-electron chi connectivity index (χ2n) is 6.79. The first-order valence-electron chi connectivity index (χ1n) is 10.2. The zero-order chi connectivity index (χ0) is 22.8. The molecule has 0 aliphatic rings. The zero-order valence-corrected chi connectivity index (χ0v) is 17.7. The summed E-state index contributed by atoms with van der Waals surface area (Å²) in [6.45, 7) is 2.90. The minimum absolute atomic E-state index is 0.282. The third-order valence-corrected chi connectivity index (χ3v) is 4.48. The Bertz CT molecular complexity index is 1060. The van der Waals surface area contributed by atoms with Gasteiger partial charge in [0.1, 0.15) is 30.5 Å².